The van der Waals surface area contributed by atoms with Crippen molar-refractivity contribution in [2.45, 2.75) is 24.8 Å². The summed E-state index contributed by atoms with van der Waals surface area (Å²) in [5.74, 6) is 0.564. The lowest BCUT2D eigenvalue weighted by atomic mass is 10.2. The predicted molar refractivity (Wildman–Crippen MR) is 89.6 cm³/mol. The molecule has 1 atom stereocenters. The monoisotopic (exact) mass is 343 g/mol. The molecule has 0 fully saturated rings. The van der Waals surface area contributed by atoms with Gasteiger partial charge in [-0.3, -0.25) is 4.98 Å². The molecule has 1 N–H and O–H groups in total. The van der Waals surface area contributed by atoms with Crippen LogP contribution in [0.3, 0.4) is 0 Å². The molecule has 2 heterocycles. The molecule has 0 aliphatic heterocycles. The molecule has 6 nitrogen and oxygen atoms in total. The first-order valence-corrected chi connectivity index (χ1v) is 8.89. The Morgan fingerprint density at radius 2 is 1.92 bits per heavy atom. The van der Waals surface area contributed by atoms with E-state index in [1.165, 1.54) is 0 Å². The lowest BCUT2D eigenvalue weighted by Crippen LogP contribution is -2.26. The number of hydrogen-bond acceptors (Lipinski definition) is 5. The first-order valence-electron chi connectivity index (χ1n) is 7.40. The van der Waals surface area contributed by atoms with Gasteiger partial charge in [-0.05, 0) is 30.7 Å². The van der Waals surface area contributed by atoms with Gasteiger partial charge in [0.05, 0.1) is 4.90 Å². The van der Waals surface area contributed by atoms with Crippen LogP contribution in [0.4, 0.5) is 0 Å². The highest BCUT2D eigenvalue weighted by Gasteiger charge is 2.18. The Labute approximate surface area is 140 Å². The van der Waals surface area contributed by atoms with Gasteiger partial charge in [-0.25, -0.2) is 18.1 Å². The van der Waals surface area contributed by atoms with E-state index < -0.39 is 10.0 Å². The third-order valence-electron chi connectivity index (χ3n) is 3.60. The zero-order chi connectivity index (χ0) is 17.2. The van der Waals surface area contributed by atoms with Gasteiger partial charge in [-0.2, -0.15) is 0 Å². The highest BCUT2D eigenvalue weighted by molar-refractivity contribution is 7.89. The van der Waals surface area contributed by atoms with Crippen LogP contribution in [0, 0.1) is 6.92 Å². The summed E-state index contributed by atoms with van der Waals surface area (Å²) in [5, 5.41) is 0. The quantitative estimate of drug-likeness (QED) is 0.769. The number of pyridine rings is 1. The molecule has 124 valence electrons. The molecule has 0 bridgehead atoms. The maximum Gasteiger partial charge on any atom is 0.241 e. The number of aromatic nitrogens is 2. The van der Waals surface area contributed by atoms with Gasteiger partial charge in [-0.15, -0.1) is 0 Å². The zero-order valence-corrected chi connectivity index (χ0v) is 14.1. The van der Waals surface area contributed by atoms with E-state index in [2.05, 4.69) is 14.7 Å². The van der Waals surface area contributed by atoms with E-state index in [1.807, 2.05) is 6.07 Å². The number of aryl methyl sites for hydroxylation is 1. The van der Waals surface area contributed by atoms with Crippen LogP contribution in [0.25, 0.3) is 11.3 Å². The molecule has 1 unspecified atom stereocenters. The Kier molecular flexibility index (Phi) is 4.46. The molecule has 24 heavy (non-hydrogen) atoms. The van der Waals surface area contributed by atoms with Gasteiger partial charge < -0.3 is 4.42 Å². The van der Waals surface area contributed by atoms with Crippen molar-refractivity contribution in [2.24, 2.45) is 0 Å². The second kappa shape index (κ2) is 6.54. The fourth-order valence-electron chi connectivity index (χ4n) is 2.30. The summed E-state index contributed by atoms with van der Waals surface area (Å²) in [7, 11) is -3.62. The molecule has 0 amide bonds. The third kappa shape index (κ3) is 3.52. The Hall–Kier alpha value is -2.51. The smallest absolute Gasteiger partial charge is 0.241 e. The minimum atomic E-state index is -3.62. The molecule has 2 aromatic heterocycles. The molecule has 0 radical (unpaired) electrons. The topological polar surface area (TPSA) is 85.1 Å². The van der Waals surface area contributed by atoms with Crippen molar-refractivity contribution >= 4 is 10.0 Å². The molecular weight excluding hydrogens is 326 g/mol. The molecule has 0 aliphatic rings. The van der Waals surface area contributed by atoms with Crippen molar-refractivity contribution in [1.82, 2.24) is 14.7 Å². The van der Waals surface area contributed by atoms with Crippen LogP contribution in [-0.2, 0) is 10.0 Å². The van der Waals surface area contributed by atoms with Crippen molar-refractivity contribution in [3.8, 4) is 11.3 Å². The molecule has 0 saturated carbocycles. The van der Waals surface area contributed by atoms with Gasteiger partial charge in [-0.1, -0.05) is 18.2 Å². The minimum Gasteiger partial charge on any atom is -0.449 e. The summed E-state index contributed by atoms with van der Waals surface area (Å²) in [6, 6.07) is 9.75. The molecule has 0 spiro atoms. The van der Waals surface area contributed by atoms with Gasteiger partial charge in [0.1, 0.15) is 12.0 Å². The molecule has 1 aromatic carbocycles. The van der Waals surface area contributed by atoms with Crippen LogP contribution in [0.5, 0.6) is 0 Å². The lowest BCUT2D eigenvalue weighted by molar-refractivity contribution is 0.521. The van der Waals surface area contributed by atoms with Gasteiger partial charge in [0.2, 0.25) is 10.0 Å². The first kappa shape index (κ1) is 16.4. The standard InChI is InChI=1S/C17H17N3O3S/c1-12(15-4-3-9-18-10-15)20-24(21,22)16-7-5-14(6-8-16)17-11-23-13(2)19-17/h3-12,20H,1-2H3. The largest absolute Gasteiger partial charge is 0.449 e. The normalized spacial score (nSPS) is 12.9. The number of hydrogen-bond donors (Lipinski definition) is 1. The second-order valence-corrected chi connectivity index (χ2v) is 7.12. The predicted octanol–water partition coefficient (Wildman–Crippen LogP) is 3.08. The molecule has 3 aromatic rings. The van der Waals surface area contributed by atoms with E-state index in [0.717, 1.165) is 11.1 Å². The average molecular weight is 343 g/mol. The number of rotatable bonds is 5. The molecule has 0 saturated heterocycles. The Morgan fingerprint density at radius 3 is 2.50 bits per heavy atom. The van der Waals surface area contributed by atoms with E-state index in [1.54, 1.807) is 62.8 Å². The summed E-state index contributed by atoms with van der Waals surface area (Å²) in [6.45, 7) is 3.53. The highest BCUT2D eigenvalue weighted by atomic mass is 32.2. The number of oxazole rings is 1. The number of benzene rings is 1. The van der Waals surface area contributed by atoms with Gasteiger partial charge in [0.25, 0.3) is 0 Å². The summed E-state index contributed by atoms with van der Waals surface area (Å²) in [4.78, 5) is 8.42. The van der Waals surface area contributed by atoms with Crippen LogP contribution < -0.4 is 4.72 Å². The maximum absolute atomic E-state index is 12.5. The van der Waals surface area contributed by atoms with Crippen LogP contribution in [0.15, 0.2) is 64.4 Å². The van der Waals surface area contributed by atoms with Gasteiger partial charge >= 0.3 is 0 Å². The van der Waals surface area contributed by atoms with Gasteiger partial charge in [0.15, 0.2) is 5.89 Å². The SMILES string of the molecule is Cc1nc(-c2ccc(S(=O)(=O)NC(C)c3cccnc3)cc2)co1. The first-order chi connectivity index (χ1) is 11.5. The summed E-state index contributed by atoms with van der Waals surface area (Å²) in [6.07, 6.45) is 4.83. The number of nitrogens with zero attached hydrogens (tertiary/aromatic N) is 2. The van der Waals surface area contributed by atoms with Crippen molar-refractivity contribution in [3.63, 3.8) is 0 Å². The number of sulfonamides is 1. The van der Waals surface area contributed by atoms with Crippen LogP contribution in [-0.4, -0.2) is 18.4 Å². The van der Waals surface area contributed by atoms with Gasteiger partial charge in [0, 0.05) is 30.9 Å². The fraction of sp³-hybridized carbons (Fsp3) is 0.176. The molecule has 3 rings (SSSR count). The summed E-state index contributed by atoms with van der Waals surface area (Å²) < 4.78 is 32.8. The van der Waals surface area contributed by atoms with E-state index in [9.17, 15) is 8.42 Å². The molecule has 0 aliphatic carbocycles. The van der Waals surface area contributed by atoms with Crippen molar-refractivity contribution in [3.05, 3.63) is 66.5 Å². The molecule has 7 heteroatoms. The summed E-state index contributed by atoms with van der Waals surface area (Å²) >= 11 is 0. The highest BCUT2D eigenvalue weighted by Crippen LogP contribution is 2.22. The average Bonchev–Trinajstić information content (AvgIpc) is 3.02. The van der Waals surface area contributed by atoms with Crippen LogP contribution >= 0.6 is 0 Å². The van der Waals surface area contributed by atoms with Crippen molar-refractivity contribution in [2.75, 3.05) is 0 Å². The van der Waals surface area contributed by atoms with E-state index in [-0.39, 0.29) is 10.9 Å². The van der Waals surface area contributed by atoms with E-state index >= 15 is 0 Å². The fourth-order valence-corrected chi connectivity index (χ4v) is 3.53. The minimum absolute atomic E-state index is 0.196. The Morgan fingerprint density at radius 1 is 1.17 bits per heavy atom. The zero-order valence-electron chi connectivity index (χ0n) is 13.3. The Balaban J connectivity index is 1.80. The van der Waals surface area contributed by atoms with Crippen LogP contribution in [0.2, 0.25) is 0 Å². The third-order valence-corrected chi connectivity index (χ3v) is 5.15. The van der Waals surface area contributed by atoms with Crippen molar-refractivity contribution < 1.29 is 12.8 Å². The maximum atomic E-state index is 12.5. The second-order valence-electron chi connectivity index (χ2n) is 5.41. The number of nitrogens with one attached hydrogen (secondary N) is 1. The van der Waals surface area contributed by atoms with Crippen LogP contribution in [0.1, 0.15) is 24.4 Å². The molecular formula is C17H17N3O3S. The van der Waals surface area contributed by atoms with E-state index in [4.69, 9.17) is 4.42 Å². The van der Waals surface area contributed by atoms with E-state index in [0.29, 0.717) is 11.6 Å². The summed E-state index contributed by atoms with van der Waals surface area (Å²) in [5.41, 5.74) is 2.27. The van der Waals surface area contributed by atoms with Crippen molar-refractivity contribution in [1.29, 1.82) is 0 Å². The lowest BCUT2D eigenvalue weighted by Gasteiger charge is -2.14. The Bertz CT molecular complexity index is 919.